The Hall–Kier alpha value is -1.18. The van der Waals surface area contributed by atoms with E-state index in [0.717, 1.165) is 7.11 Å². The minimum absolute atomic E-state index is 0.157. The Balaban J connectivity index is 4.10. The first-order valence-corrected chi connectivity index (χ1v) is 3.96. The molecular weight excluding hydrogens is 192 g/mol. The Bertz CT molecular complexity index is 208. The summed E-state index contributed by atoms with van der Waals surface area (Å²) in [7, 11) is 1.04. The molecule has 0 aromatic carbocycles. The average Bonchev–Trinajstić information content (AvgIpc) is 2.22. The molecule has 0 aliphatic carbocycles. The molecule has 0 saturated carbocycles. The minimum atomic E-state index is -1.88. The van der Waals surface area contributed by atoms with Crippen molar-refractivity contribution in [2.75, 3.05) is 20.2 Å². The number of hydrogen-bond acceptors (Lipinski definition) is 6. The molecule has 1 amide bonds. The Morgan fingerprint density at radius 2 is 2.00 bits per heavy atom. The molecule has 0 saturated heterocycles. The molecule has 0 aliphatic rings. The number of ether oxygens (including phenoxy) is 1. The third kappa shape index (κ3) is 3.69. The van der Waals surface area contributed by atoms with Gasteiger partial charge in [0.25, 0.3) is 5.91 Å². The molecule has 14 heavy (non-hydrogen) atoms. The molecule has 0 radical (unpaired) electrons. The maximum absolute atomic E-state index is 11.0. The van der Waals surface area contributed by atoms with Gasteiger partial charge in [-0.25, -0.2) is 4.79 Å². The number of amides is 1. The lowest BCUT2D eigenvalue weighted by Crippen LogP contribution is -2.47. The maximum atomic E-state index is 11.0. The molecule has 82 valence electrons. The van der Waals surface area contributed by atoms with Crippen LogP contribution in [-0.4, -0.2) is 54.5 Å². The summed E-state index contributed by atoms with van der Waals surface area (Å²) >= 11 is 0. The fourth-order valence-electron chi connectivity index (χ4n) is 0.693. The first kappa shape index (κ1) is 12.8. The summed E-state index contributed by atoms with van der Waals surface area (Å²) in [6.45, 7) is 0.358. The molecule has 7 nitrogen and oxygen atoms in total. The van der Waals surface area contributed by atoms with E-state index in [2.05, 4.69) is 10.1 Å². The molecule has 0 aromatic rings. The van der Waals surface area contributed by atoms with Crippen LogP contribution in [0, 0.1) is 0 Å². The zero-order chi connectivity index (χ0) is 11.1. The second-order valence-electron chi connectivity index (χ2n) is 2.49. The second kappa shape index (κ2) is 6.30. The van der Waals surface area contributed by atoms with Crippen LogP contribution in [0.3, 0.4) is 0 Å². The van der Waals surface area contributed by atoms with Crippen molar-refractivity contribution in [2.24, 2.45) is 5.73 Å². The van der Waals surface area contributed by atoms with Gasteiger partial charge in [0.15, 0.2) is 12.2 Å². The standard InChI is InChI=1S/C7H14N2O5/c1-14-7(13)5(11)4(10)6(12)9-3-2-8/h4-5,10-11H,2-3,8H2,1H3,(H,9,12). The molecule has 0 heterocycles. The van der Waals surface area contributed by atoms with E-state index in [1.807, 2.05) is 0 Å². The Morgan fingerprint density at radius 3 is 2.43 bits per heavy atom. The maximum Gasteiger partial charge on any atom is 0.338 e. The van der Waals surface area contributed by atoms with Crippen LogP contribution in [0.4, 0.5) is 0 Å². The number of nitrogens with two attached hydrogens (primary N) is 1. The van der Waals surface area contributed by atoms with Gasteiger partial charge >= 0.3 is 5.97 Å². The number of aliphatic hydroxyl groups excluding tert-OH is 2. The van der Waals surface area contributed by atoms with E-state index in [1.54, 1.807) is 0 Å². The van der Waals surface area contributed by atoms with Crippen LogP contribution < -0.4 is 11.1 Å². The number of hydrogen-bond donors (Lipinski definition) is 4. The van der Waals surface area contributed by atoms with Crippen molar-refractivity contribution < 1.29 is 24.5 Å². The predicted molar refractivity (Wildman–Crippen MR) is 46.1 cm³/mol. The first-order chi connectivity index (χ1) is 6.54. The van der Waals surface area contributed by atoms with Crippen LogP contribution >= 0.6 is 0 Å². The van der Waals surface area contributed by atoms with E-state index >= 15 is 0 Å². The smallest absolute Gasteiger partial charge is 0.338 e. The van der Waals surface area contributed by atoms with Gasteiger partial charge in [0.2, 0.25) is 0 Å². The van der Waals surface area contributed by atoms with Gasteiger partial charge < -0.3 is 26.0 Å². The molecule has 5 N–H and O–H groups in total. The fourth-order valence-corrected chi connectivity index (χ4v) is 0.693. The van der Waals surface area contributed by atoms with Crippen LogP contribution in [0.15, 0.2) is 0 Å². The van der Waals surface area contributed by atoms with Gasteiger partial charge in [-0.2, -0.15) is 0 Å². The normalized spacial score (nSPS) is 14.3. The summed E-state index contributed by atoms with van der Waals surface area (Å²) in [5.41, 5.74) is 5.09. The van der Waals surface area contributed by atoms with E-state index in [1.165, 1.54) is 0 Å². The highest BCUT2D eigenvalue weighted by molar-refractivity contribution is 5.88. The zero-order valence-corrected chi connectivity index (χ0v) is 7.77. The summed E-state index contributed by atoms with van der Waals surface area (Å²) in [6.07, 6.45) is -3.72. The van der Waals surface area contributed by atoms with Crippen LogP contribution in [0.25, 0.3) is 0 Å². The molecular formula is C7H14N2O5. The van der Waals surface area contributed by atoms with Crippen molar-refractivity contribution >= 4 is 11.9 Å². The van der Waals surface area contributed by atoms with Gasteiger partial charge in [-0.3, -0.25) is 4.79 Å². The number of carbonyl (C=O) groups excluding carboxylic acids is 2. The molecule has 0 aliphatic heterocycles. The average molecular weight is 206 g/mol. The largest absolute Gasteiger partial charge is 0.467 e. The van der Waals surface area contributed by atoms with Gasteiger partial charge in [0.05, 0.1) is 7.11 Å². The monoisotopic (exact) mass is 206 g/mol. The Morgan fingerprint density at radius 1 is 1.43 bits per heavy atom. The van der Waals surface area contributed by atoms with Gasteiger partial charge in [0.1, 0.15) is 0 Å². The molecule has 7 heteroatoms. The van der Waals surface area contributed by atoms with E-state index in [9.17, 15) is 9.59 Å². The van der Waals surface area contributed by atoms with Gasteiger partial charge in [-0.1, -0.05) is 0 Å². The van der Waals surface area contributed by atoms with E-state index in [-0.39, 0.29) is 13.1 Å². The lowest BCUT2D eigenvalue weighted by molar-refractivity contribution is -0.161. The molecule has 0 fully saturated rings. The first-order valence-electron chi connectivity index (χ1n) is 3.96. The van der Waals surface area contributed by atoms with Crippen LogP contribution in [0.2, 0.25) is 0 Å². The topological polar surface area (TPSA) is 122 Å². The van der Waals surface area contributed by atoms with Crippen molar-refractivity contribution in [1.29, 1.82) is 0 Å². The number of aliphatic hydroxyl groups is 2. The molecule has 0 bridgehead atoms. The molecule has 2 atom stereocenters. The molecule has 0 rings (SSSR count). The van der Waals surface area contributed by atoms with E-state index in [4.69, 9.17) is 15.9 Å². The van der Waals surface area contributed by atoms with Gasteiger partial charge in [0, 0.05) is 13.1 Å². The third-order valence-corrected chi connectivity index (χ3v) is 1.45. The van der Waals surface area contributed by atoms with Gasteiger partial charge in [-0.05, 0) is 0 Å². The summed E-state index contributed by atoms with van der Waals surface area (Å²) in [4.78, 5) is 21.7. The summed E-state index contributed by atoms with van der Waals surface area (Å²) in [6, 6.07) is 0. The third-order valence-electron chi connectivity index (χ3n) is 1.45. The van der Waals surface area contributed by atoms with Crippen molar-refractivity contribution in [3.8, 4) is 0 Å². The lowest BCUT2D eigenvalue weighted by atomic mass is 10.2. The highest BCUT2D eigenvalue weighted by Crippen LogP contribution is 1.95. The SMILES string of the molecule is COC(=O)C(O)C(O)C(=O)NCCN. The number of nitrogens with one attached hydrogen (secondary N) is 1. The van der Waals surface area contributed by atoms with E-state index in [0.29, 0.717) is 0 Å². The lowest BCUT2D eigenvalue weighted by Gasteiger charge is -2.14. The number of methoxy groups -OCH3 is 1. The van der Waals surface area contributed by atoms with Crippen molar-refractivity contribution in [2.45, 2.75) is 12.2 Å². The van der Waals surface area contributed by atoms with Crippen molar-refractivity contribution in [1.82, 2.24) is 5.32 Å². The Kier molecular flexibility index (Phi) is 5.77. The van der Waals surface area contributed by atoms with E-state index < -0.39 is 24.1 Å². The highest BCUT2D eigenvalue weighted by Gasteiger charge is 2.30. The van der Waals surface area contributed by atoms with Crippen molar-refractivity contribution in [3.05, 3.63) is 0 Å². The van der Waals surface area contributed by atoms with Crippen molar-refractivity contribution in [3.63, 3.8) is 0 Å². The predicted octanol–water partition coefficient (Wildman–Crippen LogP) is -3.04. The Labute approximate surface area is 80.8 Å². The van der Waals surface area contributed by atoms with Crippen LogP contribution in [-0.2, 0) is 14.3 Å². The molecule has 2 unspecified atom stereocenters. The zero-order valence-electron chi connectivity index (χ0n) is 7.77. The molecule has 0 spiro atoms. The quantitative estimate of drug-likeness (QED) is 0.355. The minimum Gasteiger partial charge on any atom is -0.467 e. The molecule has 0 aromatic heterocycles. The number of rotatable bonds is 5. The number of carbonyl (C=O) groups is 2. The fraction of sp³-hybridized carbons (Fsp3) is 0.714. The van der Waals surface area contributed by atoms with Crippen LogP contribution in [0.5, 0.6) is 0 Å². The summed E-state index contributed by atoms with van der Waals surface area (Å²) in [5.74, 6) is -1.94. The summed E-state index contributed by atoms with van der Waals surface area (Å²) in [5, 5.41) is 20.4. The summed E-state index contributed by atoms with van der Waals surface area (Å²) < 4.78 is 4.13. The highest BCUT2D eigenvalue weighted by atomic mass is 16.5. The second-order valence-corrected chi connectivity index (χ2v) is 2.49. The van der Waals surface area contributed by atoms with Gasteiger partial charge in [-0.15, -0.1) is 0 Å². The number of esters is 1. The van der Waals surface area contributed by atoms with Crippen LogP contribution in [0.1, 0.15) is 0 Å².